The molecule has 0 aliphatic rings. The Hall–Kier alpha value is -0.900. The number of hydrogen-bond donors (Lipinski definition) is 0. The molecule has 0 aliphatic carbocycles. The summed E-state index contributed by atoms with van der Waals surface area (Å²) >= 11 is 6.35. The summed E-state index contributed by atoms with van der Waals surface area (Å²) < 4.78 is 7.21. The Bertz CT molecular complexity index is 678. The zero-order chi connectivity index (χ0) is 13.9. The minimum atomic E-state index is 0.0545. The highest BCUT2D eigenvalue weighted by molar-refractivity contribution is 8.03. The van der Waals surface area contributed by atoms with E-state index in [1.165, 1.54) is 0 Å². The number of rotatable bonds is 5. The Kier molecular flexibility index (Phi) is 4.39. The maximum atomic E-state index is 5.33. The van der Waals surface area contributed by atoms with Gasteiger partial charge in [-0.25, -0.2) is 0 Å². The van der Waals surface area contributed by atoms with Crippen LogP contribution >= 0.6 is 46.2 Å². The van der Waals surface area contributed by atoms with Gasteiger partial charge in [-0.05, 0) is 24.6 Å². The molecule has 0 radical (unpaired) electrons. The average Bonchev–Trinajstić information content (AvgIpc) is 3.19. The molecule has 0 N–H and O–H groups in total. The number of nitrogens with zero attached hydrogens (tertiary/aromatic N) is 4. The molecule has 0 aliphatic heterocycles. The monoisotopic (exact) mass is 342 g/mol. The SMILES string of the molecule is CSc1nnc(SC(C)c2nc(-c3cccs3)no2)s1. The van der Waals surface area contributed by atoms with Crippen LogP contribution in [0.15, 0.2) is 30.7 Å². The number of thioether (sulfide) groups is 2. The van der Waals surface area contributed by atoms with Crippen molar-refractivity contribution in [3.63, 3.8) is 0 Å². The second kappa shape index (κ2) is 6.25. The second-order valence-electron chi connectivity index (χ2n) is 3.73. The standard InChI is InChI=1S/C11H10N4OS4/c1-6(19-11-14-13-10(17-2)20-11)9-12-8(15-16-9)7-4-3-5-18-7/h3-6H,1-2H3. The van der Waals surface area contributed by atoms with E-state index in [4.69, 9.17) is 4.52 Å². The Morgan fingerprint density at radius 1 is 1.30 bits per heavy atom. The van der Waals surface area contributed by atoms with Crippen LogP contribution in [0.1, 0.15) is 18.1 Å². The summed E-state index contributed by atoms with van der Waals surface area (Å²) in [4.78, 5) is 5.45. The molecule has 0 aromatic carbocycles. The lowest BCUT2D eigenvalue weighted by Crippen LogP contribution is -1.88. The normalized spacial score (nSPS) is 12.7. The lowest BCUT2D eigenvalue weighted by molar-refractivity contribution is 0.381. The van der Waals surface area contributed by atoms with Gasteiger partial charge in [0.2, 0.25) is 11.7 Å². The van der Waals surface area contributed by atoms with E-state index in [0.717, 1.165) is 13.6 Å². The van der Waals surface area contributed by atoms with Gasteiger partial charge in [0.25, 0.3) is 0 Å². The summed E-state index contributed by atoms with van der Waals surface area (Å²) in [7, 11) is 0. The molecule has 3 heterocycles. The molecule has 0 bridgehead atoms. The predicted molar refractivity (Wildman–Crippen MR) is 83.6 cm³/mol. The Morgan fingerprint density at radius 2 is 2.15 bits per heavy atom. The highest BCUT2D eigenvalue weighted by atomic mass is 32.2. The van der Waals surface area contributed by atoms with Gasteiger partial charge in [0.1, 0.15) is 0 Å². The van der Waals surface area contributed by atoms with E-state index in [9.17, 15) is 0 Å². The predicted octanol–water partition coefficient (Wildman–Crippen LogP) is 4.22. The van der Waals surface area contributed by atoms with Crippen LogP contribution in [0.2, 0.25) is 0 Å². The zero-order valence-electron chi connectivity index (χ0n) is 10.6. The van der Waals surface area contributed by atoms with Crippen LogP contribution in [0, 0.1) is 0 Å². The molecule has 3 rings (SSSR count). The van der Waals surface area contributed by atoms with E-state index in [1.807, 2.05) is 30.7 Å². The minimum absolute atomic E-state index is 0.0545. The minimum Gasteiger partial charge on any atom is -0.338 e. The molecular formula is C11H10N4OS4. The van der Waals surface area contributed by atoms with Gasteiger partial charge < -0.3 is 4.52 Å². The van der Waals surface area contributed by atoms with Crippen molar-refractivity contribution in [2.24, 2.45) is 0 Å². The van der Waals surface area contributed by atoms with Gasteiger partial charge in [-0.3, -0.25) is 0 Å². The number of aromatic nitrogens is 4. The van der Waals surface area contributed by atoms with E-state index >= 15 is 0 Å². The molecule has 5 nitrogen and oxygen atoms in total. The molecule has 0 spiro atoms. The maximum absolute atomic E-state index is 5.33. The van der Waals surface area contributed by atoms with Crippen molar-refractivity contribution in [1.82, 2.24) is 20.3 Å². The van der Waals surface area contributed by atoms with Crippen molar-refractivity contribution in [3.8, 4) is 10.7 Å². The van der Waals surface area contributed by atoms with E-state index in [1.54, 1.807) is 46.2 Å². The second-order valence-corrected chi connectivity index (χ2v) is 8.30. The topological polar surface area (TPSA) is 64.7 Å². The number of hydrogen-bond acceptors (Lipinski definition) is 9. The van der Waals surface area contributed by atoms with Gasteiger partial charge in [-0.15, -0.1) is 21.5 Å². The van der Waals surface area contributed by atoms with Crippen LogP contribution in [-0.4, -0.2) is 26.6 Å². The van der Waals surface area contributed by atoms with E-state index in [2.05, 4.69) is 20.3 Å². The summed E-state index contributed by atoms with van der Waals surface area (Å²) in [6.45, 7) is 2.02. The first-order valence-electron chi connectivity index (χ1n) is 5.68. The molecular weight excluding hydrogens is 332 g/mol. The Balaban J connectivity index is 1.72. The molecule has 104 valence electrons. The smallest absolute Gasteiger partial charge is 0.240 e. The molecule has 9 heteroatoms. The van der Waals surface area contributed by atoms with Gasteiger partial charge in [-0.2, -0.15) is 4.98 Å². The van der Waals surface area contributed by atoms with Crippen molar-refractivity contribution < 1.29 is 4.52 Å². The van der Waals surface area contributed by atoms with Crippen molar-refractivity contribution in [2.45, 2.75) is 20.9 Å². The van der Waals surface area contributed by atoms with Crippen molar-refractivity contribution in [2.75, 3.05) is 6.26 Å². The van der Waals surface area contributed by atoms with Crippen molar-refractivity contribution in [3.05, 3.63) is 23.4 Å². The van der Waals surface area contributed by atoms with Crippen LogP contribution in [0.4, 0.5) is 0 Å². The van der Waals surface area contributed by atoms with Crippen LogP contribution in [0.3, 0.4) is 0 Å². The molecule has 3 aromatic heterocycles. The first-order chi connectivity index (χ1) is 9.76. The highest BCUT2D eigenvalue weighted by Crippen LogP contribution is 2.37. The summed E-state index contributed by atoms with van der Waals surface area (Å²) in [6, 6.07) is 3.95. The fourth-order valence-electron chi connectivity index (χ4n) is 1.44. The van der Waals surface area contributed by atoms with Crippen LogP contribution in [-0.2, 0) is 0 Å². The third-order valence-electron chi connectivity index (χ3n) is 2.37. The molecule has 0 saturated carbocycles. The van der Waals surface area contributed by atoms with E-state index in [0.29, 0.717) is 11.7 Å². The first kappa shape index (κ1) is 14.1. The number of thiophene rings is 1. The summed E-state index contributed by atoms with van der Waals surface area (Å²) in [5.41, 5.74) is 0. The zero-order valence-corrected chi connectivity index (χ0v) is 13.9. The van der Waals surface area contributed by atoms with Gasteiger partial charge in [0, 0.05) is 0 Å². The largest absolute Gasteiger partial charge is 0.338 e. The Morgan fingerprint density at radius 3 is 2.85 bits per heavy atom. The van der Waals surface area contributed by atoms with Gasteiger partial charge >= 0.3 is 0 Å². The molecule has 0 saturated heterocycles. The quantitative estimate of drug-likeness (QED) is 0.643. The van der Waals surface area contributed by atoms with Crippen LogP contribution in [0.25, 0.3) is 10.7 Å². The third kappa shape index (κ3) is 3.05. The molecule has 20 heavy (non-hydrogen) atoms. The fraction of sp³-hybridized carbons (Fsp3) is 0.273. The first-order valence-corrected chi connectivity index (χ1v) is 9.48. The van der Waals surface area contributed by atoms with Crippen LogP contribution in [0.5, 0.6) is 0 Å². The molecule has 3 aromatic rings. The summed E-state index contributed by atoms with van der Waals surface area (Å²) in [5.74, 6) is 1.25. The molecule has 0 amide bonds. The third-order valence-corrected chi connectivity index (χ3v) is 6.31. The molecule has 0 fully saturated rings. The van der Waals surface area contributed by atoms with Crippen LogP contribution < -0.4 is 0 Å². The van der Waals surface area contributed by atoms with E-state index in [-0.39, 0.29) is 5.25 Å². The summed E-state index contributed by atoms with van der Waals surface area (Å²) in [5, 5.41) is 14.3. The average molecular weight is 342 g/mol. The molecule has 1 atom stereocenters. The van der Waals surface area contributed by atoms with Gasteiger partial charge in [-0.1, -0.05) is 46.1 Å². The molecule has 1 unspecified atom stereocenters. The van der Waals surface area contributed by atoms with Gasteiger partial charge in [0.05, 0.1) is 10.1 Å². The van der Waals surface area contributed by atoms with Crippen molar-refractivity contribution in [1.29, 1.82) is 0 Å². The highest BCUT2D eigenvalue weighted by Gasteiger charge is 2.18. The fourth-order valence-corrected chi connectivity index (χ4v) is 4.70. The Labute approximate surface area is 132 Å². The lowest BCUT2D eigenvalue weighted by Gasteiger charge is -2.01. The van der Waals surface area contributed by atoms with Crippen molar-refractivity contribution >= 4 is 46.2 Å². The lowest BCUT2D eigenvalue weighted by atomic mass is 10.4. The van der Waals surface area contributed by atoms with Gasteiger partial charge in [0.15, 0.2) is 8.68 Å². The van der Waals surface area contributed by atoms with E-state index < -0.39 is 0 Å². The maximum Gasteiger partial charge on any atom is 0.240 e. The summed E-state index contributed by atoms with van der Waals surface area (Å²) in [6.07, 6.45) is 1.99.